The van der Waals surface area contributed by atoms with Gasteiger partial charge in [0.25, 0.3) is 0 Å². The van der Waals surface area contributed by atoms with E-state index in [1.165, 1.54) is 11.1 Å². The summed E-state index contributed by atoms with van der Waals surface area (Å²) in [5.41, 5.74) is 11.4. The topological polar surface area (TPSA) is 116 Å². The minimum atomic E-state index is 0.153. The lowest BCUT2D eigenvalue weighted by molar-refractivity contribution is -0.0987. The van der Waals surface area contributed by atoms with Gasteiger partial charge in [-0.3, -0.25) is 0 Å². The monoisotopic (exact) mass is 454 g/mol. The molecule has 0 radical (unpaired) electrons. The third-order valence-electron chi connectivity index (χ3n) is 4.28. The Hall–Kier alpha value is -3.62. The maximum absolute atomic E-state index is 8.00. The van der Waals surface area contributed by atoms with Crippen LogP contribution in [0.3, 0.4) is 0 Å². The van der Waals surface area contributed by atoms with Crippen molar-refractivity contribution in [2.75, 3.05) is 12.4 Å². The maximum atomic E-state index is 8.00. The van der Waals surface area contributed by atoms with Gasteiger partial charge in [0.1, 0.15) is 19.1 Å². The van der Waals surface area contributed by atoms with Crippen molar-refractivity contribution in [1.29, 1.82) is 0 Å². The van der Waals surface area contributed by atoms with E-state index in [0.717, 1.165) is 16.9 Å². The second-order valence-electron chi connectivity index (χ2n) is 6.46. The van der Waals surface area contributed by atoms with E-state index in [2.05, 4.69) is 51.8 Å². The Labute approximate surface area is 192 Å². The first-order valence-corrected chi connectivity index (χ1v) is 9.91. The van der Waals surface area contributed by atoms with Crippen LogP contribution in [0.15, 0.2) is 60.8 Å². The molecule has 0 aliphatic rings. The van der Waals surface area contributed by atoms with Crippen LogP contribution in [0.4, 0.5) is 5.69 Å². The second-order valence-corrected chi connectivity index (χ2v) is 6.89. The number of benzene rings is 2. The zero-order valence-corrected chi connectivity index (χ0v) is 19.1. The first-order valence-electron chi connectivity index (χ1n) is 9.53. The van der Waals surface area contributed by atoms with Crippen molar-refractivity contribution in [2.45, 2.75) is 19.9 Å². The van der Waals surface area contributed by atoms with E-state index in [1.807, 2.05) is 57.9 Å². The van der Waals surface area contributed by atoms with Crippen molar-refractivity contribution in [2.24, 2.45) is 5.73 Å². The molecule has 0 amide bonds. The number of fused-ring (bicyclic) bond motifs is 1. The second kappa shape index (κ2) is 13.6. The Morgan fingerprint density at radius 1 is 1.06 bits per heavy atom. The number of aryl methyl sites for hydroxylation is 1. The molecule has 0 fully saturated rings. The molecular weight excluding hydrogens is 428 g/mol. The predicted octanol–water partition coefficient (Wildman–Crippen LogP) is 4.16. The quantitative estimate of drug-likeness (QED) is 0.477. The summed E-state index contributed by atoms with van der Waals surface area (Å²) >= 11 is 6.04. The molecule has 2 heterocycles. The number of anilines is 1. The van der Waals surface area contributed by atoms with E-state index in [-0.39, 0.29) is 6.04 Å². The Morgan fingerprint density at radius 2 is 1.72 bits per heavy atom. The van der Waals surface area contributed by atoms with Gasteiger partial charge in [-0.1, -0.05) is 46.6 Å². The van der Waals surface area contributed by atoms with Gasteiger partial charge >= 0.3 is 0 Å². The van der Waals surface area contributed by atoms with Crippen molar-refractivity contribution in [3.63, 3.8) is 0 Å². The van der Waals surface area contributed by atoms with Gasteiger partial charge in [0, 0.05) is 24.3 Å². The van der Waals surface area contributed by atoms with Crippen LogP contribution in [0.2, 0.25) is 5.02 Å². The number of nitrogens with one attached hydrogen (secondary N) is 1. The SMILES string of the molecule is C=O.C=O.CNc1ccc(Cl)cc1-n1nnc2ncccc21.Cc1ccc(C(C)N)cc1. The number of hydrogen-bond acceptors (Lipinski definition) is 7. The molecule has 0 saturated heterocycles. The van der Waals surface area contributed by atoms with Crippen molar-refractivity contribution >= 4 is 42.0 Å². The third kappa shape index (κ3) is 6.97. The molecule has 2 aromatic carbocycles. The summed E-state index contributed by atoms with van der Waals surface area (Å²) in [6, 6.07) is 17.8. The molecule has 32 heavy (non-hydrogen) atoms. The molecule has 168 valence electrons. The van der Waals surface area contributed by atoms with Crippen molar-refractivity contribution in [1.82, 2.24) is 20.0 Å². The minimum absolute atomic E-state index is 0.153. The predicted molar refractivity (Wildman–Crippen MR) is 129 cm³/mol. The number of carbonyl (C=O) groups excluding carboxylic acids is 2. The highest BCUT2D eigenvalue weighted by atomic mass is 35.5. The van der Waals surface area contributed by atoms with E-state index in [4.69, 9.17) is 26.9 Å². The zero-order chi connectivity index (χ0) is 24.1. The van der Waals surface area contributed by atoms with Crippen LogP contribution in [0, 0.1) is 6.92 Å². The van der Waals surface area contributed by atoms with E-state index in [0.29, 0.717) is 10.7 Å². The lowest BCUT2D eigenvalue weighted by atomic mass is 10.1. The van der Waals surface area contributed by atoms with Gasteiger partial charge in [-0.2, -0.15) is 0 Å². The van der Waals surface area contributed by atoms with Gasteiger partial charge in [0.2, 0.25) is 5.65 Å². The first kappa shape index (κ1) is 26.4. The molecule has 4 rings (SSSR count). The van der Waals surface area contributed by atoms with Crippen LogP contribution in [0.5, 0.6) is 0 Å². The number of pyridine rings is 1. The molecule has 8 nitrogen and oxygen atoms in total. The van der Waals surface area contributed by atoms with E-state index >= 15 is 0 Å². The third-order valence-corrected chi connectivity index (χ3v) is 4.52. The molecule has 0 bridgehead atoms. The highest BCUT2D eigenvalue weighted by Gasteiger charge is 2.10. The molecule has 2 aromatic heterocycles. The normalized spacial score (nSPS) is 10.4. The maximum Gasteiger partial charge on any atom is 0.202 e. The summed E-state index contributed by atoms with van der Waals surface area (Å²) in [4.78, 5) is 20.2. The van der Waals surface area contributed by atoms with E-state index in [1.54, 1.807) is 10.9 Å². The van der Waals surface area contributed by atoms with Crippen molar-refractivity contribution in [3.05, 3.63) is 76.9 Å². The van der Waals surface area contributed by atoms with E-state index < -0.39 is 0 Å². The summed E-state index contributed by atoms with van der Waals surface area (Å²) in [5.74, 6) is 0. The van der Waals surface area contributed by atoms with Crippen molar-refractivity contribution in [3.8, 4) is 5.69 Å². The minimum Gasteiger partial charge on any atom is -0.386 e. The lowest BCUT2D eigenvalue weighted by Crippen LogP contribution is -2.04. The first-order chi connectivity index (χ1) is 15.5. The Bertz CT molecular complexity index is 1100. The van der Waals surface area contributed by atoms with Crippen LogP contribution in [0.25, 0.3) is 16.9 Å². The van der Waals surface area contributed by atoms with Gasteiger partial charge in [-0.05, 0) is 49.7 Å². The van der Waals surface area contributed by atoms with Crippen molar-refractivity contribution < 1.29 is 9.59 Å². The summed E-state index contributed by atoms with van der Waals surface area (Å²) < 4.78 is 1.72. The van der Waals surface area contributed by atoms with Gasteiger partial charge in [-0.25, -0.2) is 9.67 Å². The van der Waals surface area contributed by atoms with E-state index in [9.17, 15) is 0 Å². The average molecular weight is 455 g/mol. The average Bonchev–Trinajstić information content (AvgIpc) is 3.26. The Kier molecular flexibility index (Phi) is 11.3. The molecule has 0 spiro atoms. The van der Waals surface area contributed by atoms with Gasteiger partial charge in [0.05, 0.1) is 11.4 Å². The largest absolute Gasteiger partial charge is 0.386 e. The van der Waals surface area contributed by atoms with Crippen LogP contribution >= 0.6 is 11.6 Å². The molecule has 1 atom stereocenters. The molecule has 0 aliphatic carbocycles. The molecule has 0 aliphatic heterocycles. The Morgan fingerprint density at radius 3 is 2.31 bits per heavy atom. The fourth-order valence-electron chi connectivity index (χ4n) is 2.71. The molecule has 4 aromatic rings. The summed E-state index contributed by atoms with van der Waals surface area (Å²) in [6.07, 6.45) is 1.69. The highest BCUT2D eigenvalue weighted by molar-refractivity contribution is 6.30. The number of nitrogens with two attached hydrogens (primary N) is 1. The Balaban J connectivity index is 0.000000312. The molecule has 9 heteroatoms. The lowest BCUT2D eigenvalue weighted by Gasteiger charge is -2.09. The summed E-state index contributed by atoms with van der Waals surface area (Å²) in [7, 11) is 1.85. The fraction of sp³-hybridized carbons (Fsp3) is 0.174. The van der Waals surface area contributed by atoms with Crippen LogP contribution < -0.4 is 11.1 Å². The van der Waals surface area contributed by atoms with Gasteiger partial charge in [0.15, 0.2) is 0 Å². The fourth-order valence-corrected chi connectivity index (χ4v) is 2.87. The standard InChI is InChI=1S/C12H10ClN5.C9H13N.2CH2O/c1-14-9-5-4-8(13)7-11(9)18-10-3-2-6-15-12(10)16-17-18;1-7-3-5-9(6-4-7)8(2)10;2*1-2/h2-7,14H,1H3;3-6,8H,10H2,1-2H3;2*1H2. The van der Waals surface area contributed by atoms with Crippen LogP contribution in [-0.4, -0.2) is 40.6 Å². The smallest absolute Gasteiger partial charge is 0.202 e. The number of nitrogens with zero attached hydrogens (tertiary/aromatic N) is 4. The number of hydrogen-bond donors (Lipinski definition) is 2. The zero-order valence-electron chi connectivity index (χ0n) is 18.3. The van der Waals surface area contributed by atoms with Gasteiger partial charge in [-0.15, -0.1) is 5.10 Å². The number of aromatic nitrogens is 4. The number of rotatable bonds is 3. The summed E-state index contributed by atoms with van der Waals surface area (Å²) in [6.45, 7) is 8.07. The number of halogens is 1. The van der Waals surface area contributed by atoms with Gasteiger partial charge < -0.3 is 20.6 Å². The molecule has 1 unspecified atom stereocenters. The molecule has 3 N–H and O–H groups in total. The highest BCUT2D eigenvalue weighted by Crippen LogP contribution is 2.25. The number of carbonyl (C=O) groups is 2. The van der Waals surface area contributed by atoms with Crippen LogP contribution in [-0.2, 0) is 9.59 Å². The molecular formula is C23H27ClN6O2. The summed E-state index contributed by atoms with van der Waals surface area (Å²) in [5, 5.41) is 11.9. The molecule has 0 saturated carbocycles. The van der Waals surface area contributed by atoms with Crippen LogP contribution in [0.1, 0.15) is 24.1 Å².